The van der Waals surface area contributed by atoms with Gasteiger partial charge in [0.2, 0.25) is 0 Å². The van der Waals surface area contributed by atoms with Crippen LogP contribution in [-0.2, 0) is 6.42 Å². The van der Waals surface area contributed by atoms with Gasteiger partial charge in [0.25, 0.3) is 0 Å². The second-order valence-corrected chi connectivity index (χ2v) is 6.96. The molecule has 3 aromatic carbocycles. The third-order valence-electron chi connectivity index (χ3n) is 5.23. The lowest BCUT2D eigenvalue weighted by Gasteiger charge is -2.22. The van der Waals surface area contributed by atoms with Crippen molar-refractivity contribution in [3.63, 3.8) is 0 Å². The van der Waals surface area contributed by atoms with E-state index < -0.39 is 0 Å². The second kappa shape index (κ2) is 6.28. The topological polar surface area (TPSA) is 0 Å². The summed E-state index contributed by atoms with van der Waals surface area (Å²) < 4.78 is 0. The molecule has 1 unspecified atom stereocenters. The maximum atomic E-state index is 2.43. The Morgan fingerprint density at radius 3 is 2.46 bits per heavy atom. The summed E-state index contributed by atoms with van der Waals surface area (Å²) in [6.07, 6.45) is 8.13. The lowest BCUT2D eigenvalue weighted by Crippen LogP contribution is -2.01. The van der Waals surface area contributed by atoms with Crippen LogP contribution in [0.4, 0.5) is 0 Å². The lowest BCUT2D eigenvalue weighted by atomic mass is 9.82. The van der Waals surface area contributed by atoms with Crippen LogP contribution in [0.15, 0.2) is 60.7 Å². The monoisotopic (exact) mass is 312 g/mol. The smallest absolute Gasteiger partial charge is 0.00992 e. The van der Waals surface area contributed by atoms with Gasteiger partial charge in [0.15, 0.2) is 0 Å². The SMILES string of the molecule is CCCc1ccc(-c2cc3c(c4ccccc24)C=CCC3C)cc1. The van der Waals surface area contributed by atoms with Crippen molar-refractivity contribution in [3.05, 3.63) is 77.4 Å². The summed E-state index contributed by atoms with van der Waals surface area (Å²) in [7, 11) is 0. The Bertz CT molecular complexity index is 897. The predicted octanol–water partition coefficient (Wildman–Crippen LogP) is 6.98. The maximum Gasteiger partial charge on any atom is -0.00992 e. The first-order valence-corrected chi connectivity index (χ1v) is 9.09. The molecule has 0 bridgehead atoms. The molecule has 0 heteroatoms. The molecule has 0 nitrogen and oxygen atoms in total. The average molecular weight is 312 g/mol. The molecule has 0 spiro atoms. The molecule has 0 heterocycles. The minimum absolute atomic E-state index is 0.590. The zero-order valence-corrected chi connectivity index (χ0v) is 14.5. The molecule has 0 radical (unpaired) electrons. The van der Waals surface area contributed by atoms with Gasteiger partial charge in [-0.3, -0.25) is 0 Å². The van der Waals surface area contributed by atoms with Crippen molar-refractivity contribution in [2.75, 3.05) is 0 Å². The number of allylic oxidation sites excluding steroid dienone is 1. The van der Waals surface area contributed by atoms with Crippen molar-refractivity contribution in [3.8, 4) is 11.1 Å². The fourth-order valence-corrected chi connectivity index (χ4v) is 3.91. The highest BCUT2D eigenvalue weighted by Gasteiger charge is 2.17. The lowest BCUT2D eigenvalue weighted by molar-refractivity contribution is 0.774. The van der Waals surface area contributed by atoms with E-state index in [9.17, 15) is 0 Å². The molecule has 0 saturated carbocycles. The molecule has 4 rings (SSSR count). The van der Waals surface area contributed by atoms with Crippen LogP contribution < -0.4 is 0 Å². The van der Waals surface area contributed by atoms with Gasteiger partial charge >= 0.3 is 0 Å². The van der Waals surface area contributed by atoms with E-state index in [1.165, 1.54) is 45.0 Å². The van der Waals surface area contributed by atoms with E-state index in [4.69, 9.17) is 0 Å². The van der Waals surface area contributed by atoms with E-state index in [0.717, 1.165) is 12.8 Å². The molecule has 1 aliphatic rings. The summed E-state index contributed by atoms with van der Waals surface area (Å²) in [4.78, 5) is 0. The molecule has 3 aromatic rings. The Labute approximate surface area is 144 Å². The molecular weight excluding hydrogens is 288 g/mol. The Morgan fingerprint density at radius 1 is 0.958 bits per heavy atom. The van der Waals surface area contributed by atoms with Gasteiger partial charge in [-0.05, 0) is 63.4 Å². The van der Waals surface area contributed by atoms with Crippen LogP contribution >= 0.6 is 0 Å². The van der Waals surface area contributed by atoms with Crippen LogP contribution in [0.2, 0.25) is 0 Å². The summed E-state index contributed by atoms with van der Waals surface area (Å²) in [6.45, 7) is 4.57. The van der Waals surface area contributed by atoms with E-state index >= 15 is 0 Å². The van der Waals surface area contributed by atoms with Gasteiger partial charge in [0.1, 0.15) is 0 Å². The number of hydrogen-bond donors (Lipinski definition) is 0. The van der Waals surface area contributed by atoms with Crippen LogP contribution in [-0.4, -0.2) is 0 Å². The number of rotatable bonds is 3. The van der Waals surface area contributed by atoms with Crippen LogP contribution in [0, 0.1) is 0 Å². The number of aryl methyl sites for hydroxylation is 1. The van der Waals surface area contributed by atoms with Gasteiger partial charge in [-0.1, -0.05) is 81.0 Å². The van der Waals surface area contributed by atoms with E-state index in [-0.39, 0.29) is 0 Å². The Balaban J connectivity index is 1.93. The van der Waals surface area contributed by atoms with E-state index in [0.29, 0.717) is 5.92 Å². The average Bonchev–Trinajstić information content (AvgIpc) is 2.63. The zero-order chi connectivity index (χ0) is 16.5. The first-order valence-electron chi connectivity index (χ1n) is 9.09. The third-order valence-corrected chi connectivity index (χ3v) is 5.23. The van der Waals surface area contributed by atoms with Crippen LogP contribution in [0.3, 0.4) is 0 Å². The number of hydrogen-bond acceptors (Lipinski definition) is 0. The van der Waals surface area contributed by atoms with E-state index in [1.54, 1.807) is 0 Å². The van der Waals surface area contributed by atoms with Crippen molar-refractivity contribution < 1.29 is 0 Å². The highest BCUT2D eigenvalue weighted by molar-refractivity contribution is 6.02. The van der Waals surface area contributed by atoms with Crippen LogP contribution in [0.5, 0.6) is 0 Å². The standard InChI is InChI=1S/C24H24/c1-3-7-18-12-14-19(15-13-18)24-16-23-17(2)8-6-11-21(23)20-9-4-5-10-22(20)24/h4-6,9-17H,3,7-8H2,1-2H3. The molecule has 1 aliphatic carbocycles. The molecule has 0 N–H and O–H groups in total. The highest BCUT2D eigenvalue weighted by atomic mass is 14.2. The van der Waals surface area contributed by atoms with Crippen LogP contribution in [0.25, 0.3) is 28.0 Å². The van der Waals surface area contributed by atoms with Gasteiger partial charge in [0, 0.05) is 0 Å². The minimum atomic E-state index is 0.590. The Hall–Kier alpha value is -2.34. The van der Waals surface area contributed by atoms with Crippen molar-refractivity contribution in [2.24, 2.45) is 0 Å². The molecular formula is C24H24. The molecule has 24 heavy (non-hydrogen) atoms. The van der Waals surface area contributed by atoms with Crippen molar-refractivity contribution in [1.82, 2.24) is 0 Å². The first-order chi connectivity index (χ1) is 11.8. The quantitative estimate of drug-likeness (QED) is 0.489. The minimum Gasteiger partial charge on any atom is -0.0833 e. The van der Waals surface area contributed by atoms with Gasteiger partial charge in [-0.25, -0.2) is 0 Å². The molecule has 0 aliphatic heterocycles. The normalized spacial score (nSPS) is 16.3. The van der Waals surface area contributed by atoms with Gasteiger partial charge in [-0.2, -0.15) is 0 Å². The molecule has 0 aromatic heterocycles. The first kappa shape index (κ1) is 15.2. The molecule has 1 atom stereocenters. The second-order valence-electron chi connectivity index (χ2n) is 6.96. The molecule has 0 fully saturated rings. The maximum absolute atomic E-state index is 2.43. The highest BCUT2D eigenvalue weighted by Crippen LogP contribution is 2.39. The summed E-state index contributed by atoms with van der Waals surface area (Å²) >= 11 is 0. The van der Waals surface area contributed by atoms with Gasteiger partial charge in [0.05, 0.1) is 0 Å². The van der Waals surface area contributed by atoms with Crippen molar-refractivity contribution >= 4 is 16.8 Å². The summed E-state index contributed by atoms with van der Waals surface area (Å²) in [5.41, 5.74) is 7.03. The largest absolute Gasteiger partial charge is 0.0833 e. The number of benzene rings is 3. The van der Waals surface area contributed by atoms with Crippen LogP contribution in [0.1, 0.15) is 49.3 Å². The van der Waals surface area contributed by atoms with E-state index in [1.807, 2.05) is 0 Å². The predicted molar refractivity (Wildman–Crippen MR) is 105 cm³/mol. The number of fused-ring (bicyclic) bond motifs is 3. The van der Waals surface area contributed by atoms with Gasteiger partial charge in [-0.15, -0.1) is 0 Å². The third kappa shape index (κ3) is 2.57. The van der Waals surface area contributed by atoms with E-state index in [2.05, 4.69) is 80.6 Å². The molecule has 120 valence electrons. The Kier molecular flexibility index (Phi) is 3.98. The molecule has 0 saturated heterocycles. The molecule has 0 amide bonds. The summed E-state index contributed by atoms with van der Waals surface area (Å²) in [5.74, 6) is 0.590. The summed E-state index contributed by atoms with van der Waals surface area (Å²) in [6, 6.07) is 20.4. The van der Waals surface area contributed by atoms with Crippen molar-refractivity contribution in [2.45, 2.75) is 39.0 Å². The summed E-state index contributed by atoms with van der Waals surface area (Å²) in [5, 5.41) is 2.74. The fourth-order valence-electron chi connectivity index (χ4n) is 3.91. The van der Waals surface area contributed by atoms with Gasteiger partial charge < -0.3 is 0 Å². The Morgan fingerprint density at radius 2 is 1.71 bits per heavy atom. The fraction of sp³-hybridized carbons (Fsp3) is 0.250. The van der Waals surface area contributed by atoms with Crippen molar-refractivity contribution in [1.29, 1.82) is 0 Å². The zero-order valence-electron chi connectivity index (χ0n) is 14.5.